The van der Waals surface area contributed by atoms with Crippen LogP contribution in [-0.4, -0.2) is 34.8 Å². The summed E-state index contributed by atoms with van der Waals surface area (Å²) in [6.07, 6.45) is 3.40. The molecule has 6 heteroatoms. The zero-order valence-electron chi connectivity index (χ0n) is 14.1. The predicted octanol–water partition coefficient (Wildman–Crippen LogP) is 2.50. The maximum atomic E-state index is 12.5. The van der Waals surface area contributed by atoms with Gasteiger partial charge in [-0.2, -0.15) is 0 Å². The fraction of sp³-hybridized carbons (Fsp3) is 0.500. The number of anilines is 1. The molecule has 3 rings (SSSR count). The first kappa shape index (κ1) is 16.5. The van der Waals surface area contributed by atoms with Gasteiger partial charge in [0.1, 0.15) is 5.54 Å². The van der Waals surface area contributed by atoms with Gasteiger partial charge < -0.3 is 10.6 Å². The minimum atomic E-state index is -0.708. The van der Waals surface area contributed by atoms with Crippen LogP contribution < -0.4 is 10.6 Å². The average molecular weight is 329 g/mol. The molecule has 1 saturated carbocycles. The number of hydrogen-bond acceptors (Lipinski definition) is 3. The Balaban J connectivity index is 1.59. The Morgan fingerprint density at radius 3 is 2.67 bits per heavy atom. The van der Waals surface area contributed by atoms with E-state index in [4.69, 9.17) is 0 Å². The van der Waals surface area contributed by atoms with Crippen molar-refractivity contribution in [2.24, 2.45) is 0 Å². The van der Waals surface area contributed by atoms with E-state index in [0.717, 1.165) is 29.7 Å². The van der Waals surface area contributed by atoms with Crippen LogP contribution in [0.25, 0.3) is 0 Å². The number of aryl methyl sites for hydroxylation is 2. The summed E-state index contributed by atoms with van der Waals surface area (Å²) in [4.78, 5) is 38.0. The van der Waals surface area contributed by atoms with E-state index in [1.165, 1.54) is 4.90 Å². The summed E-state index contributed by atoms with van der Waals surface area (Å²) in [5.41, 5.74) is 2.10. The lowest BCUT2D eigenvalue weighted by Gasteiger charge is -2.20. The quantitative estimate of drug-likeness (QED) is 0.833. The lowest BCUT2D eigenvalue weighted by Crippen LogP contribution is -2.44. The van der Waals surface area contributed by atoms with Gasteiger partial charge in [-0.25, -0.2) is 4.79 Å². The van der Waals surface area contributed by atoms with Crippen LogP contribution in [0.3, 0.4) is 0 Å². The topological polar surface area (TPSA) is 78.5 Å². The third-order valence-corrected chi connectivity index (χ3v) is 4.93. The van der Waals surface area contributed by atoms with Gasteiger partial charge >= 0.3 is 6.03 Å². The lowest BCUT2D eigenvalue weighted by molar-refractivity contribution is -0.131. The van der Waals surface area contributed by atoms with Crippen LogP contribution in [0, 0.1) is 13.8 Å². The van der Waals surface area contributed by atoms with E-state index >= 15 is 0 Å². The number of hydrogen-bond donors (Lipinski definition) is 2. The Kier molecular flexibility index (Phi) is 4.30. The van der Waals surface area contributed by atoms with Crippen molar-refractivity contribution in [3.05, 3.63) is 29.3 Å². The zero-order chi connectivity index (χ0) is 17.3. The van der Waals surface area contributed by atoms with Gasteiger partial charge in [-0.05, 0) is 43.9 Å². The molecule has 1 saturated heterocycles. The molecule has 1 aliphatic carbocycles. The third kappa shape index (κ3) is 3.00. The van der Waals surface area contributed by atoms with Crippen molar-refractivity contribution >= 4 is 23.5 Å². The number of amides is 4. The summed E-state index contributed by atoms with van der Waals surface area (Å²) in [6.45, 7) is 4.00. The number of nitrogens with one attached hydrogen (secondary N) is 2. The number of benzene rings is 1. The molecular formula is C18H23N3O3. The monoisotopic (exact) mass is 329 g/mol. The molecule has 1 spiro atoms. The van der Waals surface area contributed by atoms with Gasteiger partial charge in [0.15, 0.2) is 0 Å². The zero-order valence-corrected chi connectivity index (χ0v) is 14.1. The van der Waals surface area contributed by atoms with E-state index in [0.29, 0.717) is 12.8 Å². The number of urea groups is 1. The minimum Gasteiger partial charge on any atom is -0.326 e. The standard InChI is InChI=1S/C18H23N3O3/c1-12-5-6-13(2)14(11-12)19-15(22)7-10-21-16(23)18(20-17(21)24)8-3-4-9-18/h5-6,11H,3-4,7-10H2,1-2H3,(H,19,22)(H,20,24). The lowest BCUT2D eigenvalue weighted by atomic mass is 9.98. The highest BCUT2D eigenvalue weighted by atomic mass is 16.2. The molecule has 0 unspecified atom stereocenters. The molecule has 1 aromatic carbocycles. The fourth-order valence-corrected chi connectivity index (χ4v) is 3.49. The second-order valence-corrected chi connectivity index (χ2v) is 6.79. The molecule has 2 fully saturated rings. The van der Waals surface area contributed by atoms with Crippen molar-refractivity contribution in [3.63, 3.8) is 0 Å². The van der Waals surface area contributed by atoms with E-state index in [2.05, 4.69) is 10.6 Å². The van der Waals surface area contributed by atoms with Crippen LogP contribution >= 0.6 is 0 Å². The molecule has 2 N–H and O–H groups in total. The number of imide groups is 1. The van der Waals surface area contributed by atoms with Gasteiger partial charge in [0, 0.05) is 18.7 Å². The second kappa shape index (κ2) is 6.26. The molecule has 1 aliphatic heterocycles. The van der Waals surface area contributed by atoms with Crippen molar-refractivity contribution in [2.45, 2.75) is 51.5 Å². The summed E-state index contributed by atoms with van der Waals surface area (Å²) < 4.78 is 0. The van der Waals surface area contributed by atoms with Crippen molar-refractivity contribution < 1.29 is 14.4 Å². The van der Waals surface area contributed by atoms with Crippen LogP contribution in [0.15, 0.2) is 18.2 Å². The van der Waals surface area contributed by atoms with E-state index in [9.17, 15) is 14.4 Å². The van der Waals surface area contributed by atoms with Gasteiger partial charge in [-0.15, -0.1) is 0 Å². The number of carbonyl (C=O) groups is 3. The number of carbonyl (C=O) groups excluding carboxylic acids is 3. The fourth-order valence-electron chi connectivity index (χ4n) is 3.49. The van der Waals surface area contributed by atoms with Crippen LogP contribution in [-0.2, 0) is 9.59 Å². The molecule has 0 atom stereocenters. The van der Waals surface area contributed by atoms with Crippen LogP contribution in [0.1, 0.15) is 43.2 Å². The largest absolute Gasteiger partial charge is 0.326 e. The van der Waals surface area contributed by atoms with Crippen molar-refractivity contribution in [3.8, 4) is 0 Å². The minimum absolute atomic E-state index is 0.0998. The molecule has 0 radical (unpaired) electrons. The van der Waals surface area contributed by atoms with Gasteiger partial charge in [-0.1, -0.05) is 25.0 Å². The third-order valence-electron chi connectivity index (χ3n) is 4.93. The molecular weight excluding hydrogens is 306 g/mol. The Morgan fingerprint density at radius 1 is 1.25 bits per heavy atom. The Bertz CT molecular complexity index is 693. The molecule has 1 heterocycles. The summed E-state index contributed by atoms with van der Waals surface area (Å²) >= 11 is 0. The SMILES string of the molecule is Cc1ccc(C)c(NC(=O)CCN2C(=O)NC3(CCCC3)C2=O)c1. The maximum absolute atomic E-state index is 12.5. The Morgan fingerprint density at radius 2 is 1.96 bits per heavy atom. The number of rotatable bonds is 4. The molecule has 6 nitrogen and oxygen atoms in total. The first-order valence-electron chi connectivity index (χ1n) is 8.42. The highest BCUT2D eigenvalue weighted by Gasteiger charge is 2.52. The Labute approximate surface area is 141 Å². The van der Waals surface area contributed by atoms with Gasteiger partial charge in [0.25, 0.3) is 5.91 Å². The predicted molar refractivity (Wildman–Crippen MR) is 90.6 cm³/mol. The van der Waals surface area contributed by atoms with Crippen LogP contribution in [0.2, 0.25) is 0 Å². The number of nitrogens with zero attached hydrogens (tertiary/aromatic N) is 1. The van der Waals surface area contributed by atoms with Crippen LogP contribution in [0.5, 0.6) is 0 Å². The summed E-state index contributed by atoms with van der Waals surface area (Å²) in [6, 6.07) is 5.47. The molecule has 128 valence electrons. The van der Waals surface area contributed by atoms with E-state index in [1.54, 1.807) is 0 Å². The second-order valence-electron chi connectivity index (χ2n) is 6.79. The Hall–Kier alpha value is -2.37. The maximum Gasteiger partial charge on any atom is 0.325 e. The first-order valence-corrected chi connectivity index (χ1v) is 8.42. The highest BCUT2D eigenvalue weighted by molar-refractivity contribution is 6.07. The molecule has 24 heavy (non-hydrogen) atoms. The van der Waals surface area contributed by atoms with Gasteiger partial charge in [0.05, 0.1) is 0 Å². The van der Waals surface area contributed by atoms with Gasteiger partial charge in [-0.3, -0.25) is 14.5 Å². The van der Waals surface area contributed by atoms with Crippen molar-refractivity contribution in [2.75, 3.05) is 11.9 Å². The van der Waals surface area contributed by atoms with E-state index in [-0.39, 0.29) is 30.8 Å². The van der Waals surface area contributed by atoms with Crippen molar-refractivity contribution in [1.29, 1.82) is 0 Å². The molecule has 1 aromatic rings. The van der Waals surface area contributed by atoms with E-state index < -0.39 is 5.54 Å². The highest BCUT2D eigenvalue weighted by Crippen LogP contribution is 2.35. The first-order chi connectivity index (χ1) is 11.4. The summed E-state index contributed by atoms with van der Waals surface area (Å²) in [5, 5.41) is 5.68. The summed E-state index contributed by atoms with van der Waals surface area (Å²) in [5.74, 6) is -0.374. The van der Waals surface area contributed by atoms with Crippen molar-refractivity contribution in [1.82, 2.24) is 10.2 Å². The molecule has 0 aromatic heterocycles. The van der Waals surface area contributed by atoms with Gasteiger partial charge in [0.2, 0.25) is 5.91 Å². The summed E-state index contributed by atoms with van der Waals surface area (Å²) in [7, 11) is 0. The molecule has 2 aliphatic rings. The smallest absolute Gasteiger partial charge is 0.325 e. The molecule has 4 amide bonds. The normalized spacial score (nSPS) is 19.0. The van der Waals surface area contributed by atoms with E-state index in [1.807, 2.05) is 32.0 Å². The average Bonchev–Trinajstić information content (AvgIpc) is 3.08. The van der Waals surface area contributed by atoms with Crippen LogP contribution in [0.4, 0.5) is 10.5 Å². The molecule has 0 bridgehead atoms.